The summed E-state index contributed by atoms with van der Waals surface area (Å²) in [7, 11) is 1.81. The molecule has 2 aliphatic heterocycles. The molecule has 182 valence electrons. The van der Waals surface area contributed by atoms with Crippen molar-refractivity contribution in [2.24, 2.45) is 0 Å². The minimum Gasteiger partial charge on any atom is -0.478 e. The number of allylic oxidation sites excluding steroid dienone is 1. The molecule has 0 spiro atoms. The molecule has 0 radical (unpaired) electrons. The largest absolute Gasteiger partial charge is 0.478 e. The number of carbonyl (C=O) groups is 1. The van der Waals surface area contributed by atoms with Crippen LogP contribution in [0.3, 0.4) is 0 Å². The average Bonchev–Trinajstić information content (AvgIpc) is 2.89. The monoisotopic (exact) mass is 481 g/mol. The lowest BCUT2D eigenvalue weighted by atomic mass is 9.78. The van der Waals surface area contributed by atoms with Crippen LogP contribution >= 0.6 is 0 Å². The number of halogens is 1. The molecule has 0 saturated carbocycles. The quantitative estimate of drug-likeness (QED) is 0.306. The molecule has 5 rings (SSSR count). The van der Waals surface area contributed by atoms with Crippen LogP contribution in [0.15, 0.2) is 60.8 Å². The minimum atomic E-state index is -1.07. The summed E-state index contributed by atoms with van der Waals surface area (Å²) in [5.41, 5.74) is 9.20. The lowest BCUT2D eigenvalue weighted by molar-refractivity contribution is -0.131. The number of carboxylic acid groups (broad SMARTS) is 1. The van der Waals surface area contributed by atoms with E-state index in [0.717, 1.165) is 64.5 Å². The SMILES string of the molecule is CCc1cccc2c1N1CCc3cc(/C(C=N)=C/NC)ccc3C1c1c(F)cc(/C=C/C(=O)O)cc1-2. The van der Waals surface area contributed by atoms with Gasteiger partial charge in [0.1, 0.15) is 5.82 Å². The second-order valence-corrected chi connectivity index (χ2v) is 9.09. The zero-order valence-corrected chi connectivity index (χ0v) is 20.3. The fraction of sp³-hybridized carbons (Fsp3) is 0.200. The highest BCUT2D eigenvalue weighted by atomic mass is 19.1. The molecule has 3 N–H and O–H groups in total. The number of hydrogen-bond donors (Lipinski definition) is 3. The van der Waals surface area contributed by atoms with Gasteiger partial charge in [-0.1, -0.05) is 43.3 Å². The standard InChI is InChI=1S/C30H28FN3O2/c1-3-19-5-4-6-24-25-13-18(7-10-27(35)36)14-26(31)28(25)30-23-9-8-20(22(16-32)17-33-2)15-21(23)11-12-34(30)29(19)24/h4-10,13-17,30,32-33H,3,11-12H2,1-2H3,(H,35,36)/b10-7+,22-17+,32-16?. The van der Waals surface area contributed by atoms with Crippen LogP contribution in [0.2, 0.25) is 0 Å². The van der Waals surface area contributed by atoms with Gasteiger partial charge in [0.2, 0.25) is 0 Å². The first-order chi connectivity index (χ1) is 17.5. The van der Waals surface area contributed by atoms with E-state index in [-0.39, 0.29) is 11.9 Å². The van der Waals surface area contributed by atoms with Crippen molar-refractivity contribution in [3.63, 3.8) is 0 Å². The number of hydrogen-bond acceptors (Lipinski definition) is 4. The predicted octanol–water partition coefficient (Wildman–Crippen LogP) is 5.83. The van der Waals surface area contributed by atoms with E-state index in [1.54, 1.807) is 6.20 Å². The van der Waals surface area contributed by atoms with Gasteiger partial charge in [0.15, 0.2) is 0 Å². The molecule has 36 heavy (non-hydrogen) atoms. The van der Waals surface area contributed by atoms with E-state index in [2.05, 4.69) is 35.3 Å². The maximum Gasteiger partial charge on any atom is 0.328 e. The molecule has 3 aromatic carbocycles. The highest BCUT2D eigenvalue weighted by molar-refractivity contribution is 6.08. The highest BCUT2D eigenvalue weighted by Gasteiger charge is 2.39. The van der Waals surface area contributed by atoms with Crippen molar-refractivity contribution >= 4 is 29.5 Å². The topological polar surface area (TPSA) is 76.4 Å². The smallest absolute Gasteiger partial charge is 0.328 e. The molecule has 2 aliphatic rings. The van der Waals surface area contributed by atoms with Gasteiger partial charge in [-0.05, 0) is 64.4 Å². The summed E-state index contributed by atoms with van der Waals surface area (Å²) in [6, 6.07) is 15.4. The Balaban J connectivity index is 1.74. The van der Waals surface area contributed by atoms with Gasteiger partial charge < -0.3 is 20.7 Å². The summed E-state index contributed by atoms with van der Waals surface area (Å²) in [4.78, 5) is 13.4. The van der Waals surface area contributed by atoms with Crippen LogP contribution in [0, 0.1) is 11.2 Å². The normalized spacial score (nSPS) is 16.1. The van der Waals surface area contributed by atoms with Crippen molar-refractivity contribution in [1.29, 1.82) is 5.41 Å². The van der Waals surface area contributed by atoms with E-state index < -0.39 is 5.97 Å². The van der Waals surface area contributed by atoms with Gasteiger partial charge in [-0.15, -0.1) is 0 Å². The molecule has 3 aromatic rings. The molecule has 0 aromatic heterocycles. The number of nitrogens with zero attached hydrogens (tertiary/aromatic N) is 1. The Kier molecular flexibility index (Phi) is 6.18. The number of fused-ring (bicyclic) bond motifs is 8. The van der Waals surface area contributed by atoms with Gasteiger partial charge in [0.05, 0.1) is 6.04 Å². The fourth-order valence-electron chi connectivity index (χ4n) is 5.56. The summed E-state index contributed by atoms with van der Waals surface area (Å²) >= 11 is 0. The van der Waals surface area contributed by atoms with E-state index in [0.29, 0.717) is 11.1 Å². The Bertz CT molecular complexity index is 1440. The molecular formula is C30H28FN3O2. The summed E-state index contributed by atoms with van der Waals surface area (Å²) in [6.45, 7) is 2.88. The van der Waals surface area contributed by atoms with Crippen molar-refractivity contribution in [2.75, 3.05) is 18.5 Å². The summed E-state index contributed by atoms with van der Waals surface area (Å²) < 4.78 is 15.9. The summed E-state index contributed by atoms with van der Waals surface area (Å²) in [5.74, 6) is -1.41. The number of aryl methyl sites for hydroxylation is 1. The van der Waals surface area contributed by atoms with E-state index in [1.807, 2.05) is 31.3 Å². The number of carboxylic acids is 1. The first-order valence-corrected chi connectivity index (χ1v) is 12.1. The summed E-state index contributed by atoms with van der Waals surface area (Å²) in [5, 5.41) is 19.9. The maximum absolute atomic E-state index is 15.9. The van der Waals surface area contributed by atoms with Gasteiger partial charge in [-0.25, -0.2) is 9.18 Å². The van der Waals surface area contributed by atoms with Crippen molar-refractivity contribution in [3.8, 4) is 11.1 Å². The first-order valence-electron chi connectivity index (χ1n) is 12.1. The fourth-order valence-corrected chi connectivity index (χ4v) is 5.56. The van der Waals surface area contributed by atoms with Gasteiger partial charge in [-0.2, -0.15) is 0 Å². The van der Waals surface area contributed by atoms with Crippen LogP contribution in [-0.2, 0) is 17.6 Å². The van der Waals surface area contributed by atoms with Crippen LogP contribution in [0.5, 0.6) is 0 Å². The van der Waals surface area contributed by atoms with E-state index in [4.69, 9.17) is 10.5 Å². The van der Waals surface area contributed by atoms with Gasteiger partial charge >= 0.3 is 5.97 Å². The lowest BCUT2D eigenvalue weighted by Gasteiger charge is -2.45. The van der Waals surface area contributed by atoms with Crippen molar-refractivity contribution < 1.29 is 14.3 Å². The third kappa shape index (κ3) is 3.88. The first kappa shape index (κ1) is 23.5. The molecule has 6 heteroatoms. The Morgan fingerprint density at radius 2 is 2.06 bits per heavy atom. The van der Waals surface area contributed by atoms with E-state index in [1.165, 1.54) is 23.9 Å². The molecule has 5 nitrogen and oxygen atoms in total. The number of anilines is 1. The third-order valence-corrected chi connectivity index (χ3v) is 7.08. The second kappa shape index (κ2) is 9.46. The molecule has 1 atom stereocenters. The highest BCUT2D eigenvalue weighted by Crippen LogP contribution is 2.52. The van der Waals surface area contributed by atoms with Gasteiger partial charge in [0.25, 0.3) is 0 Å². The Morgan fingerprint density at radius 3 is 2.78 bits per heavy atom. The van der Waals surface area contributed by atoms with Crippen LogP contribution in [-0.4, -0.2) is 30.9 Å². The lowest BCUT2D eigenvalue weighted by Crippen LogP contribution is -2.40. The van der Waals surface area contributed by atoms with Crippen LogP contribution < -0.4 is 10.2 Å². The van der Waals surface area contributed by atoms with E-state index >= 15 is 4.39 Å². The van der Waals surface area contributed by atoms with Gasteiger partial charge in [-0.3, -0.25) is 0 Å². The molecule has 0 fully saturated rings. The van der Waals surface area contributed by atoms with Crippen LogP contribution in [0.4, 0.5) is 10.1 Å². The molecule has 0 bridgehead atoms. The number of benzene rings is 3. The van der Waals surface area contributed by atoms with E-state index in [9.17, 15) is 4.79 Å². The zero-order chi connectivity index (χ0) is 25.4. The number of para-hydroxylation sites is 1. The Morgan fingerprint density at radius 1 is 1.22 bits per heavy atom. The second-order valence-electron chi connectivity index (χ2n) is 9.09. The molecule has 0 amide bonds. The van der Waals surface area contributed by atoms with Crippen LogP contribution in [0.25, 0.3) is 22.8 Å². The van der Waals surface area contributed by atoms with Crippen molar-refractivity contribution in [3.05, 3.63) is 100 Å². The number of nitrogens with one attached hydrogen (secondary N) is 2. The molecule has 0 aliphatic carbocycles. The molecule has 1 unspecified atom stereocenters. The average molecular weight is 482 g/mol. The van der Waals surface area contributed by atoms with Crippen LogP contribution in [0.1, 0.15) is 46.3 Å². The third-order valence-electron chi connectivity index (χ3n) is 7.08. The predicted molar refractivity (Wildman–Crippen MR) is 143 cm³/mol. The zero-order valence-electron chi connectivity index (χ0n) is 20.3. The summed E-state index contributed by atoms with van der Waals surface area (Å²) in [6.07, 6.45) is 7.28. The Labute approximate surface area is 210 Å². The van der Waals surface area contributed by atoms with Crippen molar-refractivity contribution in [1.82, 2.24) is 5.32 Å². The number of aliphatic carboxylic acids is 1. The minimum absolute atomic E-state index is 0.285. The molecular weight excluding hydrogens is 453 g/mol. The van der Waals surface area contributed by atoms with Crippen molar-refractivity contribution in [2.45, 2.75) is 25.8 Å². The maximum atomic E-state index is 15.9. The molecule has 0 saturated heterocycles. The molecule has 2 heterocycles. The number of rotatable bonds is 6. The Hall–Kier alpha value is -4.19. The van der Waals surface area contributed by atoms with Gasteiger partial charge in [0, 0.05) is 54.5 Å².